The molecule has 0 radical (unpaired) electrons. The highest BCUT2D eigenvalue weighted by Crippen LogP contribution is 2.28. The van der Waals surface area contributed by atoms with Crippen molar-refractivity contribution in [1.29, 1.82) is 0 Å². The monoisotopic (exact) mass is 357 g/mol. The van der Waals surface area contributed by atoms with Gasteiger partial charge in [-0.3, -0.25) is 9.59 Å². The van der Waals surface area contributed by atoms with Crippen LogP contribution in [0.25, 0.3) is 0 Å². The van der Waals surface area contributed by atoms with Crippen LogP contribution in [0.3, 0.4) is 0 Å². The molecule has 2 aliphatic heterocycles. The minimum Gasteiger partial charge on any atom is -0.508 e. The smallest absolute Gasteiger partial charge is 0.254 e. The number of hydrogen-bond donors (Lipinski definition) is 1. The van der Waals surface area contributed by atoms with Crippen LogP contribution in [0.4, 0.5) is 0 Å². The predicted octanol–water partition coefficient (Wildman–Crippen LogP) is 0.806. The number of aromatic nitrogens is 4. The van der Waals surface area contributed by atoms with Crippen LogP contribution in [-0.2, 0) is 24.3 Å². The van der Waals surface area contributed by atoms with Crippen LogP contribution >= 0.6 is 0 Å². The van der Waals surface area contributed by atoms with Gasteiger partial charge in [-0.05, 0) is 32.3 Å². The highest BCUT2D eigenvalue weighted by molar-refractivity contribution is 5.76. The average molecular weight is 357 g/mol. The number of pyridine rings is 1. The Hall–Kier alpha value is -2.64. The van der Waals surface area contributed by atoms with Gasteiger partial charge in [0.25, 0.3) is 5.56 Å². The molecular weight excluding hydrogens is 334 g/mol. The number of carbonyl (C=O) groups is 1. The van der Waals surface area contributed by atoms with Gasteiger partial charge in [0.15, 0.2) is 0 Å². The second-order valence-corrected chi connectivity index (χ2v) is 7.19. The molecule has 2 aliphatic rings. The number of hydrogen-bond acceptors (Lipinski definition) is 5. The number of amides is 1. The third kappa shape index (κ3) is 3.00. The molecule has 0 aromatic carbocycles. The first-order chi connectivity index (χ1) is 12.5. The molecule has 4 heterocycles. The summed E-state index contributed by atoms with van der Waals surface area (Å²) >= 11 is 0. The quantitative estimate of drug-likeness (QED) is 0.877. The average Bonchev–Trinajstić information content (AvgIpc) is 3.21. The van der Waals surface area contributed by atoms with E-state index in [0.29, 0.717) is 18.8 Å². The van der Waals surface area contributed by atoms with Crippen molar-refractivity contribution >= 4 is 5.91 Å². The molecule has 1 amide bonds. The third-order valence-corrected chi connectivity index (χ3v) is 5.39. The summed E-state index contributed by atoms with van der Waals surface area (Å²) in [4.78, 5) is 26.7. The number of piperidine rings is 1. The fraction of sp³-hybridized carbons (Fsp3) is 0.556. The molecule has 0 aliphatic carbocycles. The third-order valence-electron chi connectivity index (χ3n) is 5.39. The van der Waals surface area contributed by atoms with Gasteiger partial charge in [-0.25, -0.2) is 0 Å². The number of fused-ring (bicyclic) bond motifs is 1. The van der Waals surface area contributed by atoms with E-state index in [2.05, 4.69) is 14.8 Å². The second-order valence-electron chi connectivity index (χ2n) is 7.19. The number of likely N-dealkylation sites (tertiary alicyclic amines) is 1. The number of rotatable bonds is 3. The van der Waals surface area contributed by atoms with Gasteiger partial charge < -0.3 is 19.1 Å². The van der Waals surface area contributed by atoms with E-state index in [-0.39, 0.29) is 29.7 Å². The lowest BCUT2D eigenvalue weighted by atomic mass is 9.97. The summed E-state index contributed by atoms with van der Waals surface area (Å²) < 4.78 is 3.60. The van der Waals surface area contributed by atoms with Crippen LogP contribution in [-0.4, -0.2) is 48.3 Å². The number of carbonyl (C=O) groups excluding carboxylic acids is 1. The molecule has 8 heteroatoms. The zero-order chi connectivity index (χ0) is 18.3. The largest absolute Gasteiger partial charge is 0.508 e. The van der Waals surface area contributed by atoms with Gasteiger partial charge in [-0.1, -0.05) is 0 Å². The number of nitrogens with zero attached hydrogens (tertiary/aromatic N) is 5. The van der Waals surface area contributed by atoms with Crippen molar-refractivity contribution in [2.24, 2.45) is 0 Å². The molecule has 138 valence electrons. The van der Waals surface area contributed by atoms with E-state index in [0.717, 1.165) is 49.9 Å². The van der Waals surface area contributed by atoms with E-state index >= 15 is 0 Å². The molecule has 0 saturated carbocycles. The molecular formula is C18H23N5O3. The Kier molecular flexibility index (Phi) is 4.26. The molecule has 0 bridgehead atoms. The molecule has 8 nitrogen and oxygen atoms in total. The topological polar surface area (TPSA) is 93.2 Å². The maximum absolute atomic E-state index is 12.8. The summed E-state index contributed by atoms with van der Waals surface area (Å²) in [6.07, 6.45) is 4.00. The molecule has 1 unspecified atom stereocenters. The molecule has 2 aromatic heterocycles. The Morgan fingerprint density at radius 3 is 2.92 bits per heavy atom. The molecule has 1 saturated heterocycles. The summed E-state index contributed by atoms with van der Waals surface area (Å²) in [6, 6.07) is 2.63. The van der Waals surface area contributed by atoms with Crippen molar-refractivity contribution in [2.75, 3.05) is 13.1 Å². The highest BCUT2D eigenvalue weighted by Gasteiger charge is 2.30. The Labute approximate surface area is 151 Å². The van der Waals surface area contributed by atoms with Crippen molar-refractivity contribution in [3.63, 3.8) is 0 Å². The van der Waals surface area contributed by atoms with Crippen molar-refractivity contribution < 1.29 is 9.90 Å². The lowest BCUT2D eigenvalue weighted by Gasteiger charge is -2.32. The molecule has 26 heavy (non-hydrogen) atoms. The normalized spacial score (nSPS) is 19.6. The molecule has 1 fully saturated rings. The fourth-order valence-corrected chi connectivity index (χ4v) is 4.04. The van der Waals surface area contributed by atoms with E-state index in [9.17, 15) is 14.7 Å². The molecule has 0 spiro atoms. The second kappa shape index (κ2) is 6.59. The minimum absolute atomic E-state index is 0.00436. The maximum atomic E-state index is 12.8. The standard InChI is InChI=1S/C18H23N5O3/c1-12-8-14(24)9-16(25)23(12)11-17(26)21-6-2-4-13(10-21)18-20-19-15-5-3-7-22(15)18/h8-9,13,24H,2-7,10-11H2,1H3. The van der Waals surface area contributed by atoms with Gasteiger partial charge in [0.2, 0.25) is 5.91 Å². The van der Waals surface area contributed by atoms with Gasteiger partial charge in [-0.15, -0.1) is 10.2 Å². The first-order valence-electron chi connectivity index (χ1n) is 9.13. The SMILES string of the molecule is Cc1cc(O)cc(=O)n1CC(=O)N1CCCC(c2nnc3n2CCC3)C1. The van der Waals surface area contributed by atoms with Crippen LogP contribution in [0.15, 0.2) is 16.9 Å². The van der Waals surface area contributed by atoms with Crippen molar-refractivity contribution in [1.82, 2.24) is 24.2 Å². The Bertz CT molecular complexity index is 901. The Morgan fingerprint density at radius 2 is 2.12 bits per heavy atom. The van der Waals surface area contributed by atoms with Crippen molar-refractivity contribution in [2.45, 2.75) is 51.6 Å². The van der Waals surface area contributed by atoms with Gasteiger partial charge >= 0.3 is 0 Å². The summed E-state index contributed by atoms with van der Waals surface area (Å²) in [5, 5.41) is 18.1. The number of aryl methyl sites for hydroxylation is 2. The molecule has 1 atom stereocenters. The van der Waals surface area contributed by atoms with Crippen LogP contribution in [0.5, 0.6) is 5.75 Å². The van der Waals surface area contributed by atoms with E-state index in [1.165, 1.54) is 10.6 Å². The van der Waals surface area contributed by atoms with Crippen LogP contribution in [0.1, 0.15) is 42.5 Å². The zero-order valence-electron chi connectivity index (χ0n) is 14.9. The van der Waals surface area contributed by atoms with Crippen molar-refractivity contribution in [3.05, 3.63) is 39.8 Å². The summed E-state index contributed by atoms with van der Waals surface area (Å²) in [7, 11) is 0. The van der Waals surface area contributed by atoms with Gasteiger partial charge in [-0.2, -0.15) is 0 Å². The molecule has 1 N–H and O–H groups in total. The van der Waals surface area contributed by atoms with Crippen LogP contribution < -0.4 is 5.56 Å². The minimum atomic E-state index is -0.361. The van der Waals surface area contributed by atoms with E-state index in [1.54, 1.807) is 6.92 Å². The van der Waals surface area contributed by atoms with Gasteiger partial charge in [0.1, 0.15) is 23.9 Å². The summed E-state index contributed by atoms with van der Waals surface area (Å²) in [5.74, 6) is 2.09. The van der Waals surface area contributed by atoms with Gasteiger partial charge in [0.05, 0.1) is 0 Å². The van der Waals surface area contributed by atoms with E-state index in [1.807, 2.05) is 4.90 Å². The first-order valence-corrected chi connectivity index (χ1v) is 9.13. The van der Waals surface area contributed by atoms with Crippen molar-refractivity contribution in [3.8, 4) is 5.75 Å². The summed E-state index contributed by atoms with van der Waals surface area (Å²) in [5.41, 5.74) is 0.215. The molecule has 2 aromatic rings. The Balaban J connectivity index is 1.49. The lowest BCUT2D eigenvalue weighted by molar-refractivity contribution is -0.133. The van der Waals surface area contributed by atoms with Crippen LogP contribution in [0, 0.1) is 6.92 Å². The highest BCUT2D eigenvalue weighted by atomic mass is 16.3. The van der Waals surface area contributed by atoms with E-state index in [4.69, 9.17) is 0 Å². The van der Waals surface area contributed by atoms with Crippen LogP contribution in [0.2, 0.25) is 0 Å². The zero-order valence-corrected chi connectivity index (χ0v) is 14.9. The number of aromatic hydroxyl groups is 1. The summed E-state index contributed by atoms with van der Waals surface area (Å²) in [6.45, 7) is 3.98. The maximum Gasteiger partial charge on any atom is 0.254 e. The van der Waals surface area contributed by atoms with E-state index < -0.39 is 0 Å². The fourth-order valence-electron chi connectivity index (χ4n) is 4.04. The Morgan fingerprint density at radius 1 is 1.27 bits per heavy atom. The predicted molar refractivity (Wildman–Crippen MR) is 94.0 cm³/mol. The van der Waals surface area contributed by atoms with Gasteiger partial charge in [0, 0.05) is 43.7 Å². The lowest BCUT2D eigenvalue weighted by Crippen LogP contribution is -2.42. The first kappa shape index (κ1) is 16.8. The molecule has 4 rings (SSSR count).